The van der Waals surface area contributed by atoms with Crippen molar-refractivity contribution in [3.05, 3.63) is 35.4 Å². The standard InChI is InChI=1S/C17H25NO3/c1-4-6-7-14-8-10-15(11-9-14)12-16(19)18(5-2)13-17(20)21-3/h8-11H,4-7,12-13H2,1-3H3. The number of aryl methyl sites for hydroxylation is 1. The summed E-state index contributed by atoms with van der Waals surface area (Å²) in [4.78, 5) is 24.9. The van der Waals surface area contributed by atoms with Gasteiger partial charge in [0, 0.05) is 6.54 Å². The Morgan fingerprint density at radius 3 is 2.24 bits per heavy atom. The Hall–Kier alpha value is -1.84. The number of likely N-dealkylation sites (N-methyl/N-ethyl adjacent to an activating group) is 1. The van der Waals surface area contributed by atoms with E-state index in [1.165, 1.54) is 30.4 Å². The Labute approximate surface area is 127 Å². The summed E-state index contributed by atoms with van der Waals surface area (Å²) in [5.74, 6) is -0.440. The highest BCUT2D eigenvalue weighted by molar-refractivity contribution is 5.83. The number of benzene rings is 1. The lowest BCUT2D eigenvalue weighted by Crippen LogP contribution is -2.37. The van der Waals surface area contributed by atoms with Gasteiger partial charge in [0.2, 0.25) is 5.91 Å². The average Bonchev–Trinajstić information content (AvgIpc) is 2.51. The molecular formula is C17H25NO3. The molecule has 4 nitrogen and oxygen atoms in total. The molecule has 0 atom stereocenters. The van der Waals surface area contributed by atoms with Crippen molar-refractivity contribution in [1.82, 2.24) is 4.90 Å². The van der Waals surface area contributed by atoms with Crippen LogP contribution in [0.25, 0.3) is 0 Å². The summed E-state index contributed by atoms with van der Waals surface area (Å²) in [5, 5.41) is 0. The Morgan fingerprint density at radius 1 is 1.10 bits per heavy atom. The second-order valence-electron chi connectivity index (χ2n) is 5.08. The van der Waals surface area contributed by atoms with Crippen molar-refractivity contribution in [3.63, 3.8) is 0 Å². The van der Waals surface area contributed by atoms with Gasteiger partial charge in [-0.3, -0.25) is 9.59 Å². The van der Waals surface area contributed by atoms with Crippen LogP contribution in [-0.4, -0.2) is 37.0 Å². The van der Waals surface area contributed by atoms with Crippen molar-refractivity contribution in [3.8, 4) is 0 Å². The first kappa shape index (κ1) is 17.2. The summed E-state index contributed by atoms with van der Waals surface area (Å²) in [6.07, 6.45) is 3.76. The summed E-state index contributed by atoms with van der Waals surface area (Å²) in [7, 11) is 1.33. The summed E-state index contributed by atoms with van der Waals surface area (Å²) in [6, 6.07) is 8.15. The van der Waals surface area contributed by atoms with Crippen molar-refractivity contribution in [1.29, 1.82) is 0 Å². The molecule has 0 radical (unpaired) electrons. The number of ether oxygens (including phenoxy) is 1. The van der Waals surface area contributed by atoms with Crippen molar-refractivity contribution in [2.24, 2.45) is 0 Å². The normalized spacial score (nSPS) is 10.2. The molecular weight excluding hydrogens is 266 g/mol. The number of hydrogen-bond acceptors (Lipinski definition) is 3. The zero-order valence-corrected chi connectivity index (χ0v) is 13.2. The predicted octanol–water partition coefficient (Wildman–Crippen LogP) is 2.59. The molecule has 0 aliphatic rings. The highest BCUT2D eigenvalue weighted by Gasteiger charge is 2.16. The first-order valence-electron chi connectivity index (χ1n) is 7.53. The van der Waals surface area contributed by atoms with Crippen LogP contribution in [0.1, 0.15) is 37.8 Å². The molecule has 1 rings (SSSR count). The minimum atomic E-state index is -0.389. The molecule has 1 aromatic rings. The minimum Gasteiger partial charge on any atom is -0.468 e. The maximum atomic E-state index is 12.2. The first-order chi connectivity index (χ1) is 10.1. The van der Waals surface area contributed by atoms with E-state index in [1.54, 1.807) is 0 Å². The van der Waals surface area contributed by atoms with Gasteiger partial charge in [-0.2, -0.15) is 0 Å². The molecule has 0 unspecified atom stereocenters. The van der Waals surface area contributed by atoms with Crippen LogP contribution in [0, 0.1) is 0 Å². The molecule has 0 aromatic heterocycles. The lowest BCUT2D eigenvalue weighted by Gasteiger charge is -2.19. The third-order valence-electron chi connectivity index (χ3n) is 3.48. The Kier molecular flexibility index (Phi) is 7.51. The van der Waals surface area contributed by atoms with Gasteiger partial charge in [-0.15, -0.1) is 0 Å². The molecule has 21 heavy (non-hydrogen) atoms. The van der Waals surface area contributed by atoms with Crippen molar-refractivity contribution in [2.45, 2.75) is 39.5 Å². The number of amides is 1. The number of nitrogens with zero attached hydrogens (tertiary/aromatic N) is 1. The van der Waals surface area contributed by atoms with E-state index in [2.05, 4.69) is 23.8 Å². The van der Waals surface area contributed by atoms with Crippen LogP contribution in [-0.2, 0) is 27.2 Å². The van der Waals surface area contributed by atoms with Crippen LogP contribution < -0.4 is 0 Å². The van der Waals surface area contributed by atoms with E-state index in [-0.39, 0.29) is 18.4 Å². The molecule has 0 aliphatic carbocycles. The maximum absolute atomic E-state index is 12.2. The maximum Gasteiger partial charge on any atom is 0.325 e. The fraction of sp³-hybridized carbons (Fsp3) is 0.529. The number of hydrogen-bond donors (Lipinski definition) is 0. The van der Waals surface area contributed by atoms with Crippen LogP contribution in [0.3, 0.4) is 0 Å². The summed E-state index contributed by atoms with van der Waals surface area (Å²) < 4.78 is 4.60. The molecule has 0 saturated heterocycles. The highest BCUT2D eigenvalue weighted by Crippen LogP contribution is 2.09. The van der Waals surface area contributed by atoms with Crippen LogP contribution in [0.15, 0.2) is 24.3 Å². The quantitative estimate of drug-likeness (QED) is 0.692. The van der Waals surface area contributed by atoms with Crippen LogP contribution in [0.2, 0.25) is 0 Å². The van der Waals surface area contributed by atoms with Gasteiger partial charge in [0.05, 0.1) is 13.5 Å². The van der Waals surface area contributed by atoms with Gasteiger partial charge >= 0.3 is 5.97 Å². The number of carbonyl (C=O) groups excluding carboxylic acids is 2. The zero-order chi connectivity index (χ0) is 15.7. The second-order valence-corrected chi connectivity index (χ2v) is 5.08. The van der Waals surface area contributed by atoms with Crippen molar-refractivity contribution >= 4 is 11.9 Å². The molecule has 1 aromatic carbocycles. The van der Waals surface area contributed by atoms with Crippen LogP contribution >= 0.6 is 0 Å². The number of carbonyl (C=O) groups is 2. The fourth-order valence-electron chi connectivity index (χ4n) is 2.09. The average molecular weight is 291 g/mol. The lowest BCUT2D eigenvalue weighted by atomic mass is 10.0. The number of rotatable bonds is 8. The lowest BCUT2D eigenvalue weighted by molar-refractivity contribution is -0.146. The molecule has 116 valence electrons. The molecule has 0 bridgehead atoms. The van der Waals surface area contributed by atoms with Crippen molar-refractivity contribution in [2.75, 3.05) is 20.2 Å². The molecule has 0 aliphatic heterocycles. The molecule has 4 heteroatoms. The van der Waals surface area contributed by atoms with E-state index >= 15 is 0 Å². The summed E-state index contributed by atoms with van der Waals surface area (Å²) >= 11 is 0. The van der Waals surface area contributed by atoms with Crippen LogP contribution in [0.4, 0.5) is 0 Å². The molecule has 0 N–H and O–H groups in total. The Balaban J connectivity index is 2.58. The number of esters is 1. The van der Waals surface area contributed by atoms with Crippen molar-refractivity contribution < 1.29 is 14.3 Å². The third-order valence-corrected chi connectivity index (χ3v) is 3.48. The van der Waals surface area contributed by atoms with E-state index in [1.807, 2.05) is 19.1 Å². The minimum absolute atomic E-state index is 0.0143. The molecule has 0 fully saturated rings. The van der Waals surface area contributed by atoms with Gasteiger partial charge < -0.3 is 9.64 Å². The third kappa shape index (κ3) is 5.98. The molecule has 1 amide bonds. The van der Waals surface area contributed by atoms with E-state index in [9.17, 15) is 9.59 Å². The summed E-state index contributed by atoms with van der Waals surface area (Å²) in [6.45, 7) is 4.55. The predicted molar refractivity (Wildman–Crippen MR) is 83.0 cm³/mol. The van der Waals surface area contributed by atoms with E-state index in [4.69, 9.17) is 0 Å². The van der Waals surface area contributed by atoms with Gasteiger partial charge in [-0.1, -0.05) is 37.6 Å². The summed E-state index contributed by atoms with van der Waals surface area (Å²) in [5.41, 5.74) is 2.28. The monoisotopic (exact) mass is 291 g/mol. The zero-order valence-electron chi connectivity index (χ0n) is 13.2. The largest absolute Gasteiger partial charge is 0.468 e. The molecule has 0 spiro atoms. The smallest absolute Gasteiger partial charge is 0.325 e. The van der Waals surface area contributed by atoms with E-state index in [0.717, 1.165) is 12.0 Å². The first-order valence-corrected chi connectivity index (χ1v) is 7.53. The van der Waals surface area contributed by atoms with Gasteiger partial charge in [-0.25, -0.2) is 0 Å². The molecule has 0 heterocycles. The Bertz CT molecular complexity index is 454. The Morgan fingerprint density at radius 2 is 1.71 bits per heavy atom. The van der Waals surface area contributed by atoms with Gasteiger partial charge in [0.25, 0.3) is 0 Å². The number of unbranched alkanes of at least 4 members (excludes halogenated alkanes) is 1. The van der Waals surface area contributed by atoms with Gasteiger partial charge in [0.15, 0.2) is 0 Å². The highest BCUT2D eigenvalue weighted by atomic mass is 16.5. The number of methoxy groups -OCH3 is 1. The van der Waals surface area contributed by atoms with E-state index in [0.29, 0.717) is 13.0 Å². The van der Waals surface area contributed by atoms with Crippen LogP contribution in [0.5, 0.6) is 0 Å². The SMILES string of the molecule is CCCCc1ccc(CC(=O)N(CC)CC(=O)OC)cc1. The fourth-order valence-corrected chi connectivity index (χ4v) is 2.09. The van der Waals surface area contributed by atoms with Gasteiger partial charge in [0.1, 0.15) is 6.54 Å². The second kappa shape index (κ2) is 9.16. The van der Waals surface area contributed by atoms with E-state index < -0.39 is 0 Å². The van der Waals surface area contributed by atoms with Gasteiger partial charge in [-0.05, 0) is 30.9 Å². The topological polar surface area (TPSA) is 46.6 Å². The molecule has 0 saturated carbocycles.